The topological polar surface area (TPSA) is 76.8 Å². The molecule has 0 saturated carbocycles. The van der Waals surface area contributed by atoms with Gasteiger partial charge in [0.2, 0.25) is 0 Å². The van der Waals surface area contributed by atoms with Crippen molar-refractivity contribution in [2.75, 3.05) is 26.3 Å². The summed E-state index contributed by atoms with van der Waals surface area (Å²) in [6, 6.07) is 15.6. The van der Waals surface area contributed by atoms with Gasteiger partial charge in [0.1, 0.15) is 6.73 Å². The molecule has 0 aliphatic carbocycles. The van der Waals surface area contributed by atoms with Crippen LogP contribution in [0.3, 0.4) is 0 Å². The Balaban J connectivity index is 1.50. The molecule has 9 heteroatoms. The first kappa shape index (κ1) is 27.8. The van der Waals surface area contributed by atoms with Crippen LogP contribution in [0.2, 0.25) is 25.7 Å². The molecule has 0 spiro atoms. The smallest absolute Gasteiger partial charge is 0.407 e. The second-order valence-corrected chi connectivity index (χ2v) is 17.8. The Morgan fingerprint density at radius 2 is 1.89 bits per heavy atom. The van der Waals surface area contributed by atoms with Gasteiger partial charge in [-0.3, -0.25) is 0 Å². The zero-order valence-corrected chi connectivity index (χ0v) is 24.8. The second-order valence-electron chi connectivity index (χ2n) is 11.3. The molecule has 1 atom stereocenters. The summed E-state index contributed by atoms with van der Waals surface area (Å²) in [5.41, 5.74) is 3.93. The summed E-state index contributed by atoms with van der Waals surface area (Å²) in [6.07, 6.45) is 2.26. The summed E-state index contributed by atoms with van der Waals surface area (Å²) in [7, 11) is -1.14. The summed E-state index contributed by atoms with van der Waals surface area (Å²) in [5, 5.41) is 9.45. The van der Waals surface area contributed by atoms with E-state index in [0.717, 1.165) is 46.6 Å². The molecule has 3 aromatic rings. The van der Waals surface area contributed by atoms with Crippen molar-refractivity contribution in [3.8, 4) is 0 Å². The number of rotatable bonds is 10. The van der Waals surface area contributed by atoms with Gasteiger partial charge < -0.3 is 24.0 Å². The zero-order valence-electron chi connectivity index (χ0n) is 22.2. The lowest BCUT2D eigenvalue weighted by Gasteiger charge is -2.41. The quantitative estimate of drug-likeness (QED) is 0.206. The number of piperidine rings is 1. The number of likely N-dealkylation sites (tertiary alicyclic amines) is 1. The van der Waals surface area contributed by atoms with E-state index < -0.39 is 14.2 Å². The Morgan fingerprint density at radius 3 is 2.54 bits per heavy atom. The van der Waals surface area contributed by atoms with Gasteiger partial charge in [0, 0.05) is 43.2 Å². The summed E-state index contributed by atoms with van der Waals surface area (Å²) in [6.45, 7) is 11.9. The molecule has 1 fully saturated rings. The van der Waals surface area contributed by atoms with E-state index in [2.05, 4.69) is 66.8 Å². The third-order valence-electron chi connectivity index (χ3n) is 7.37. The maximum absolute atomic E-state index is 11.5. The number of aromatic nitrogens is 2. The minimum Gasteiger partial charge on any atom is -0.465 e. The summed E-state index contributed by atoms with van der Waals surface area (Å²) in [5.74, 6) is 0. The monoisotopic (exact) mass is 587 g/mol. The number of benzene rings is 2. The minimum atomic E-state index is -1.14. The maximum Gasteiger partial charge on any atom is 0.407 e. The average molecular weight is 589 g/mol. The van der Waals surface area contributed by atoms with Crippen molar-refractivity contribution >= 4 is 41.1 Å². The first-order valence-corrected chi connectivity index (χ1v) is 17.5. The fraction of sp³-hybridized carbons (Fsp3) is 0.500. The molecule has 1 saturated heterocycles. The first-order valence-electron chi connectivity index (χ1n) is 12.9. The highest BCUT2D eigenvalue weighted by Crippen LogP contribution is 2.38. The molecular weight excluding hydrogens is 550 g/mol. The fourth-order valence-electron chi connectivity index (χ4n) is 4.92. The van der Waals surface area contributed by atoms with Crippen LogP contribution in [0.4, 0.5) is 4.79 Å². The van der Waals surface area contributed by atoms with E-state index in [1.807, 2.05) is 29.1 Å². The number of hydrogen-bond acceptors (Lipinski definition) is 4. The van der Waals surface area contributed by atoms with Crippen LogP contribution in [0.1, 0.15) is 37.0 Å². The molecule has 1 aromatic heterocycles. The van der Waals surface area contributed by atoms with E-state index in [-0.39, 0.29) is 11.5 Å². The minimum absolute atomic E-state index is 0.186. The predicted octanol–water partition coefficient (Wildman–Crippen LogP) is 6.90. The standard InChI is InChI=1S/C28H38BrN3O4Si/c1-21(36-18-28(22-8-6-5-7-9-22)10-12-31(13-11-28)27(33)34)24-16-23(29)17-25-26(24)30-19-32(25)20-35-14-15-37(2,3)4/h5-9,16-17,19,21H,10-15,18,20H2,1-4H3,(H,33,34). The number of carbonyl (C=O) groups is 1. The van der Waals surface area contributed by atoms with E-state index in [0.29, 0.717) is 26.4 Å². The van der Waals surface area contributed by atoms with Gasteiger partial charge in [0.15, 0.2) is 0 Å². The van der Waals surface area contributed by atoms with Crippen LogP contribution in [0.25, 0.3) is 11.0 Å². The molecule has 1 aliphatic rings. The second kappa shape index (κ2) is 11.7. The van der Waals surface area contributed by atoms with Crippen LogP contribution in [0.5, 0.6) is 0 Å². The van der Waals surface area contributed by atoms with Gasteiger partial charge in [-0.05, 0) is 43.5 Å². The van der Waals surface area contributed by atoms with Gasteiger partial charge in [-0.15, -0.1) is 0 Å². The molecule has 1 amide bonds. The molecule has 2 aromatic carbocycles. The number of carboxylic acid groups (broad SMARTS) is 1. The van der Waals surface area contributed by atoms with Crippen molar-refractivity contribution in [2.45, 2.75) is 63.7 Å². The molecule has 7 nitrogen and oxygen atoms in total. The number of amides is 1. The summed E-state index contributed by atoms with van der Waals surface area (Å²) >= 11 is 3.68. The molecule has 1 unspecified atom stereocenters. The van der Waals surface area contributed by atoms with Crippen LogP contribution in [-0.4, -0.2) is 60.0 Å². The SMILES string of the molecule is CC(OCC1(c2ccccc2)CCN(C(=O)O)CC1)c1cc(Br)cc2c1ncn2COCC[Si](C)(C)C. The number of fused-ring (bicyclic) bond motifs is 1. The lowest BCUT2D eigenvalue weighted by atomic mass is 9.73. The van der Waals surface area contributed by atoms with E-state index in [9.17, 15) is 9.90 Å². The highest BCUT2D eigenvalue weighted by Gasteiger charge is 2.38. The van der Waals surface area contributed by atoms with Crippen LogP contribution < -0.4 is 0 Å². The molecule has 0 radical (unpaired) electrons. The van der Waals surface area contributed by atoms with Crippen LogP contribution >= 0.6 is 15.9 Å². The van der Waals surface area contributed by atoms with E-state index in [1.165, 1.54) is 10.5 Å². The number of imidazole rings is 1. The Labute approximate surface area is 228 Å². The Morgan fingerprint density at radius 1 is 1.19 bits per heavy atom. The molecule has 1 aliphatic heterocycles. The van der Waals surface area contributed by atoms with Crippen molar-refractivity contribution in [1.82, 2.24) is 14.5 Å². The zero-order chi connectivity index (χ0) is 26.6. The van der Waals surface area contributed by atoms with Crippen LogP contribution in [-0.2, 0) is 21.6 Å². The Kier molecular flexibility index (Phi) is 8.78. The Hall–Kier alpha value is -2.20. The van der Waals surface area contributed by atoms with Gasteiger partial charge >= 0.3 is 6.09 Å². The number of nitrogens with zero attached hydrogens (tertiary/aromatic N) is 3. The summed E-state index contributed by atoms with van der Waals surface area (Å²) < 4.78 is 15.6. The van der Waals surface area contributed by atoms with E-state index in [4.69, 9.17) is 14.5 Å². The van der Waals surface area contributed by atoms with Gasteiger partial charge in [0.05, 0.1) is 30.1 Å². The summed E-state index contributed by atoms with van der Waals surface area (Å²) in [4.78, 5) is 17.7. The molecule has 2 heterocycles. The van der Waals surface area contributed by atoms with Crippen molar-refractivity contribution in [3.05, 3.63) is 64.4 Å². The largest absolute Gasteiger partial charge is 0.465 e. The number of ether oxygens (including phenoxy) is 2. The average Bonchev–Trinajstić information content (AvgIpc) is 3.27. The highest BCUT2D eigenvalue weighted by molar-refractivity contribution is 9.10. The predicted molar refractivity (Wildman–Crippen MR) is 153 cm³/mol. The molecule has 1 N–H and O–H groups in total. The van der Waals surface area contributed by atoms with Gasteiger partial charge in [0.25, 0.3) is 0 Å². The first-order chi connectivity index (χ1) is 17.6. The number of halogens is 1. The van der Waals surface area contributed by atoms with Gasteiger partial charge in [-0.2, -0.15) is 0 Å². The van der Waals surface area contributed by atoms with E-state index in [1.54, 1.807) is 0 Å². The van der Waals surface area contributed by atoms with Crippen molar-refractivity contribution in [3.63, 3.8) is 0 Å². The van der Waals surface area contributed by atoms with Crippen molar-refractivity contribution in [2.24, 2.45) is 0 Å². The highest BCUT2D eigenvalue weighted by atomic mass is 79.9. The number of hydrogen-bond donors (Lipinski definition) is 1. The molecule has 200 valence electrons. The lowest BCUT2D eigenvalue weighted by molar-refractivity contribution is 0.00557. The van der Waals surface area contributed by atoms with Crippen molar-refractivity contribution < 1.29 is 19.4 Å². The molecule has 4 rings (SSSR count). The lowest BCUT2D eigenvalue weighted by Crippen LogP contribution is -2.47. The van der Waals surface area contributed by atoms with Crippen molar-refractivity contribution in [1.29, 1.82) is 0 Å². The Bertz CT molecular complexity index is 1200. The fourth-order valence-corrected chi connectivity index (χ4v) is 6.14. The molecule has 37 heavy (non-hydrogen) atoms. The molecular formula is C28H38BrN3O4Si. The third kappa shape index (κ3) is 6.82. The third-order valence-corrected chi connectivity index (χ3v) is 9.53. The van der Waals surface area contributed by atoms with Gasteiger partial charge in [-0.25, -0.2) is 9.78 Å². The molecule has 0 bridgehead atoms. The van der Waals surface area contributed by atoms with Gasteiger partial charge in [-0.1, -0.05) is 65.9 Å². The van der Waals surface area contributed by atoms with Crippen LogP contribution in [0.15, 0.2) is 53.3 Å². The van der Waals surface area contributed by atoms with Crippen LogP contribution in [0, 0.1) is 0 Å². The maximum atomic E-state index is 11.5. The van der Waals surface area contributed by atoms with E-state index >= 15 is 0 Å². The normalized spacial score (nSPS) is 16.7.